The average Bonchev–Trinajstić information content (AvgIpc) is 2.53. The SMILES string of the molecule is COC1(C)CC(O)C(NC(=O)CN=[N+]=[N-])C(C(O)C(O)CO)O1. The molecule has 1 saturated heterocycles. The maximum atomic E-state index is 11.7. The normalized spacial score (nSPS) is 33.4. The van der Waals surface area contributed by atoms with Crippen molar-refractivity contribution in [2.45, 2.75) is 49.6 Å². The van der Waals surface area contributed by atoms with Crippen LogP contribution in [0.3, 0.4) is 0 Å². The van der Waals surface area contributed by atoms with E-state index < -0.39 is 55.3 Å². The Labute approximate surface area is 132 Å². The predicted molar refractivity (Wildman–Crippen MR) is 76.0 cm³/mol. The average molecular weight is 334 g/mol. The van der Waals surface area contributed by atoms with Crippen LogP contribution in [0.15, 0.2) is 5.11 Å². The zero-order valence-corrected chi connectivity index (χ0v) is 12.9. The highest BCUT2D eigenvalue weighted by atomic mass is 16.7. The summed E-state index contributed by atoms with van der Waals surface area (Å²) in [7, 11) is 1.35. The molecular formula is C12H22N4O7. The maximum absolute atomic E-state index is 11.7. The first kappa shape index (κ1) is 19.6. The van der Waals surface area contributed by atoms with Gasteiger partial charge in [0.25, 0.3) is 0 Å². The summed E-state index contributed by atoms with van der Waals surface area (Å²) < 4.78 is 10.7. The minimum atomic E-state index is -1.59. The van der Waals surface area contributed by atoms with Crippen LogP contribution >= 0.6 is 0 Å². The second kappa shape index (κ2) is 8.41. The van der Waals surface area contributed by atoms with Crippen LogP contribution in [-0.4, -0.2) is 82.8 Å². The van der Waals surface area contributed by atoms with Gasteiger partial charge in [-0.1, -0.05) is 5.11 Å². The van der Waals surface area contributed by atoms with Crippen LogP contribution < -0.4 is 5.32 Å². The Balaban J connectivity index is 2.97. The first-order valence-electron chi connectivity index (χ1n) is 6.96. The van der Waals surface area contributed by atoms with Gasteiger partial charge in [-0.15, -0.1) is 0 Å². The number of aliphatic hydroxyl groups is 4. The lowest BCUT2D eigenvalue weighted by Gasteiger charge is -2.46. The topological polar surface area (TPSA) is 177 Å². The van der Waals surface area contributed by atoms with Gasteiger partial charge in [-0.05, 0) is 12.5 Å². The molecule has 5 N–H and O–H groups in total. The van der Waals surface area contributed by atoms with Gasteiger partial charge in [-0.3, -0.25) is 4.79 Å². The number of aliphatic hydroxyl groups excluding tert-OH is 4. The molecule has 1 heterocycles. The van der Waals surface area contributed by atoms with E-state index in [2.05, 4.69) is 15.3 Å². The highest BCUT2D eigenvalue weighted by Crippen LogP contribution is 2.32. The van der Waals surface area contributed by atoms with E-state index in [0.29, 0.717) is 0 Å². The van der Waals surface area contributed by atoms with Gasteiger partial charge in [0.2, 0.25) is 5.91 Å². The molecule has 1 aliphatic rings. The Morgan fingerprint density at radius 1 is 1.61 bits per heavy atom. The lowest BCUT2D eigenvalue weighted by molar-refractivity contribution is -0.302. The third kappa shape index (κ3) is 5.01. The lowest BCUT2D eigenvalue weighted by atomic mass is 9.89. The molecule has 11 heteroatoms. The first-order valence-corrected chi connectivity index (χ1v) is 6.96. The summed E-state index contributed by atoms with van der Waals surface area (Å²) in [6.07, 6.45) is -5.54. The van der Waals surface area contributed by atoms with Crippen molar-refractivity contribution in [3.8, 4) is 0 Å². The van der Waals surface area contributed by atoms with Gasteiger partial charge in [-0.25, -0.2) is 0 Å². The van der Waals surface area contributed by atoms with Gasteiger partial charge in [0.15, 0.2) is 5.79 Å². The number of nitrogens with zero attached hydrogens (tertiary/aromatic N) is 3. The molecule has 1 rings (SSSR count). The minimum Gasteiger partial charge on any atom is -0.394 e. The molecule has 6 atom stereocenters. The highest BCUT2D eigenvalue weighted by Gasteiger charge is 2.49. The van der Waals surface area contributed by atoms with Crippen molar-refractivity contribution in [2.24, 2.45) is 5.11 Å². The number of hydrogen-bond donors (Lipinski definition) is 5. The van der Waals surface area contributed by atoms with E-state index in [1.807, 2.05) is 0 Å². The first-order chi connectivity index (χ1) is 10.8. The van der Waals surface area contributed by atoms with Gasteiger partial charge < -0.3 is 35.2 Å². The molecule has 0 saturated carbocycles. The van der Waals surface area contributed by atoms with E-state index in [-0.39, 0.29) is 6.42 Å². The molecule has 0 aromatic rings. The van der Waals surface area contributed by atoms with E-state index in [0.717, 1.165) is 0 Å². The summed E-state index contributed by atoms with van der Waals surface area (Å²) in [5.41, 5.74) is 8.21. The quantitative estimate of drug-likeness (QED) is 0.203. The molecule has 0 aromatic carbocycles. The van der Waals surface area contributed by atoms with Gasteiger partial charge in [-0.2, -0.15) is 0 Å². The van der Waals surface area contributed by atoms with E-state index in [4.69, 9.17) is 20.1 Å². The van der Waals surface area contributed by atoms with Crippen LogP contribution in [0.25, 0.3) is 10.4 Å². The molecule has 11 nitrogen and oxygen atoms in total. The number of azide groups is 1. The van der Waals surface area contributed by atoms with Crippen molar-refractivity contribution < 1.29 is 34.7 Å². The van der Waals surface area contributed by atoms with E-state index in [1.54, 1.807) is 0 Å². The Kier molecular flexibility index (Phi) is 7.16. The summed E-state index contributed by atoms with van der Waals surface area (Å²) in [6, 6.07) is -1.09. The summed E-state index contributed by atoms with van der Waals surface area (Å²) >= 11 is 0. The minimum absolute atomic E-state index is 0.00555. The number of methoxy groups -OCH3 is 1. The van der Waals surface area contributed by atoms with E-state index in [9.17, 15) is 20.1 Å². The number of amides is 1. The van der Waals surface area contributed by atoms with Crippen molar-refractivity contribution in [1.82, 2.24) is 5.32 Å². The molecule has 6 unspecified atom stereocenters. The summed E-state index contributed by atoms with van der Waals surface area (Å²) in [5.74, 6) is -1.93. The molecule has 0 spiro atoms. The standard InChI is InChI=1S/C12H22N4O7/c1-12(22-2)3-6(18)9(15-8(20)4-14-16-13)11(23-12)10(21)7(19)5-17/h6-7,9-11,17-19,21H,3-5H2,1-2H3,(H,15,20). The third-order valence-electron chi connectivity index (χ3n) is 3.69. The smallest absolute Gasteiger partial charge is 0.226 e. The number of carbonyl (C=O) groups excluding carboxylic acids is 1. The lowest BCUT2D eigenvalue weighted by Crippen LogP contribution is -2.65. The summed E-state index contributed by atoms with van der Waals surface area (Å²) in [5, 5.41) is 44.4. The van der Waals surface area contributed by atoms with Gasteiger partial charge >= 0.3 is 0 Å². The molecule has 23 heavy (non-hydrogen) atoms. The number of nitrogens with one attached hydrogen (secondary N) is 1. The van der Waals surface area contributed by atoms with Crippen LogP contribution in [0.1, 0.15) is 13.3 Å². The molecule has 0 aliphatic carbocycles. The molecular weight excluding hydrogens is 312 g/mol. The van der Waals surface area contributed by atoms with Crippen LogP contribution in [-0.2, 0) is 14.3 Å². The summed E-state index contributed by atoms with van der Waals surface area (Å²) in [4.78, 5) is 14.1. The van der Waals surface area contributed by atoms with Crippen molar-refractivity contribution >= 4 is 5.91 Å². The zero-order valence-electron chi connectivity index (χ0n) is 12.9. The largest absolute Gasteiger partial charge is 0.394 e. The van der Waals surface area contributed by atoms with Crippen molar-refractivity contribution in [2.75, 3.05) is 20.3 Å². The number of ether oxygens (including phenoxy) is 2. The molecule has 1 fully saturated rings. The van der Waals surface area contributed by atoms with Crippen LogP contribution in [0.5, 0.6) is 0 Å². The molecule has 0 radical (unpaired) electrons. The Morgan fingerprint density at radius 3 is 2.78 bits per heavy atom. The Hall–Kier alpha value is -1.46. The highest BCUT2D eigenvalue weighted by molar-refractivity contribution is 5.78. The van der Waals surface area contributed by atoms with Crippen LogP contribution in [0.4, 0.5) is 0 Å². The van der Waals surface area contributed by atoms with Gasteiger partial charge in [0, 0.05) is 18.4 Å². The monoisotopic (exact) mass is 334 g/mol. The fraction of sp³-hybridized carbons (Fsp3) is 0.917. The zero-order chi connectivity index (χ0) is 17.6. The van der Waals surface area contributed by atoms with Crippen molar-refractivity contribution in [3.63, 3.8) is 0 Å². The molecule has 0 bridgehead atoms. The summed E-state index contributed by atoms with van der Waals surface area (Å²) in [6.45, 7) is 0.298. The van der Waals surface area contributed by atoms with Crippen molar-refractivity contribution in [3.05, 3.63) is 10.4 Å². The second-order valence-corrected chi connectivity index (χ2v) is 5.41. The number of rotatable bonds is 7. The van der Waals surface area contributed by atoms with E-state index in [1.165, 1.54) is 14.0 Å². The maximum Gasteiger partial charge on any atom is 0.226 e. The van der Waals surface area contributed by atoms with Crippen LogP contribution in [0.2, 0.25) is 0 Å². The predicted octanol–water partition coefficient (Wildman–Crippen LogP) is -1.99. The molecule has 1 aliphatic heterocycles. The van der Waals surface area contributed by atoms with Gasteiger partial charge in [0.1, 0.15) is 24.9 Å². The molecule has 0 aromatic heterocycles. The van der Waals surface area contributed by atoms with Gasteiger partial charge in [0.05, 0.1) is 18.8 Å². The Morgan fingerprint density at radius 2 is 2.26 bits per heavy atom. The van der Waals surface area contributed by atoms with E-state index >= 15 is 0 Å². The molecule has 132 valence electrons. The fourth-order valence-corrected chi connectivity index (χ4v) is 2.38. The van der Waals surface area contributed by atoms with Crippen molar-refractivity contribution in [1.29, 1.82) is 0 Å². The fourth-order valence-electron chi connectivity index (χ4n) is 2.38. The second-order valence-electron chi connectivity index (χ2n) is 5.41. The van der Waals surface area contributed by atoms with Crippen LogP contribution in [0, 0.1) is 0 Å². The third-order valence-corrected chi connectivity index (χ3v) is 3.69. The number of hydrogen-bond acceptors (Lipinski definition) is 8. The molecule has 1 amide bonds. The number of carbonyl (C=O) groups is 1. The Bertz CT molecular complexity index is 459.